The number of hydrogen-bond acceptors (Lipinski definition) is 3. The molecular weight excluding hydrogens is 224 g/mol. The number of morpholine rings is 1. The molecule has 0 amide bonds. The summed E-state index contributed by atoms with van der Waals surface area (Å²) in [5.74, 6) is 0. The molecule has 1 unspecified atom stereocenters. The highest BCUT2D eigenvalue weighted by Gasteiger charge is 2.27. The molecule has 2 heterocycles. The standard InChI is InChI=1S/C15H24N2O/c1-15(2,3)12-14(13-6-4-5-7-16-13)17-8-10-18-11-9-17/h4-7,14H,8-12H2,1-3H3. The molecule has 0 bridgehead atoms. The van der Waals surface area contributed by atoms with Crippen LogP contribution in [0.2, 0.25) is 0 Å². The van der Waals surface area contributed by atoms with Gasteiger partial charge in [-0.1, -0.05) is 26.8 Å². The molecule has 18 heavy (non-hydrogen) atoms. The van der Waals surface area contributed by atoms with Crippen molar-refractivity contribution in [3.05, 3.63) is 30.1 Å². The Balaban J connectivity index is 2.17. The monoisotopic (exact) mass is 248 g/mol. The number of ether oxygens (including phenoxy) is 1. The fourth-order valence-electron chi connectivity index (χ4n) is 2.46. The van der Waals surface area contributed by atoms with E-state index in [4.69, 9.17) is 4.74 Å². The van der Waals surface area contributed by atoms with Gasteiger partial charge in [-0.15, -0.1) is 0 Å². The number of hydrogen-bond donors (Lipinski definition) is 0. The van der Waals surface area contributed by atoms with Gasteiger partial charge in [-0.2, -0.15) is 0 Å². The quantitative estimate of drug-likeness (QED) is 0.822. The van der Waals surface area contributed by atoms with E-state index in [0.29, 0.717) is 11.5 Å². The van der Waals surface area contributed by atoms with Crippen molar-refractivity contribution in [3.8, 4) is 0 Å². The third-order valence-electron chi connectivity index (χ3n) is 3.32. The molecule has 1 aromatic heterocycles. The Labute approximate surface area is 110 Å². The third kappa shape index (κ3) is 3.79. The fraction of sp³-hybridized carbons (Fsp3) is 0.667. The van der Waals surface area contributed by atoms with Gasteiger partial charge in [0.15, 0.2) is 0 Å². The summed E-state index contributed by atoms with van der Waals surface area (Å²) in [6.45, 7) is 10.6. The smallest absolute Gasteiger partial charge is 0.0594 e. The van der Waals surface area contributed by atoms with Crippen molar-refractivity contribution in [1.82, 2.24) is 9.88 Å². The Hall–Kier alpha value is -0.930. The summed E-state index contributed by atoms with van der Waals surface area (Å²) in [6.07, 6.45) is 3.02. The van der Waals surface area contributed by atoms with Gasteiger partial charge < -0.3 is 4.74 Å². The molecule has 1 fully saturated rings. The average Bonchev–Trinajstić information content (AvgIpc) is 2.37. The van der Waals surface area contributed by atoms with Crippen molar-refractivity contribution in [2.75, 3.05) is 26.3 Å². The number of rotatable bonds is 3. The highest BCUT2D eigenvalue weighted by molar-refractivity contribution is 5.10. The fourth-order valence-corrected chi connectivity index (χ4v) is 2.46. The van der Waals surface area contributed by atoms with Crippen LogP contribution in [-0.4, -0.2) is 36.2 Å². The number of pyridine rings is 1. The van der Waals surface area contributed by atoms with Gasteiger partial charge >= 0.3 is 0 Å². The topological polar surface area (TPSA) is 25.4 Å². The lowest BCUT2D eigenvalue weighted by molar-refractivity contribution is 0.00609. The number of aromatic nitrogens is 1. The third-order valence-corrected chi connectivity index (χ3v) is 3.32. The van der Waals surface area contributed by atoms with Crippen molar-refractivity contribution in [3.63, 3.8) is 0 Å². The van der Waals surface area contributed by atoms with Crippen LogP contribution in [0.15, 0.2) is 24.4 Å². The Kier molecular flexibility index (Phi) is 4.36. The lowest BCUT2D eigenvalue weighted by Gasteiger charge is -2.37. The van der Waals surface area contributed by atoms with E-state index in [1.807, 2.05) is 12.3 Å². The van der Waals surface area contributed by atoms with E-state index in [1.54, 1.807) is 0 Å². The van der Waals surface area contributed by atoms with Gasteiger partial charge in [0.25, 0.3) is 0 Å². The van der Waals surface area contributed by atoms with Crippen molar-refractivity contribution < 1.29 is 4.74 Å². The van der Waals surface area contributed by atoms with Gasteiger partial charge in [-0.05, 0) is 24.0 Å². The predicted octanol–water partition coefficient (Wildman–Crippen LogP) is 2.89. The average molecular weight is 248 g/mol. The SMILES string of the molecule is CC(C)(C)CC(c1ccccn1)N1CCOCC1. The second-order valence-corrected chi connectivity index (χ2v) is 6.18. The van der Waals surface area contributed by atoms with E-state index in [0.717, 1.165) is 32.7 Å². The minimum atomic E-state index is 0.306. The van der Waals surface area contributed by atoms with Crippen molar-refractivity contribution in [2.45, 2.75) is 33.2 Å². The highest BCUT2D eigenvalue weighted by Crippen LogP contribution is 2.33. The summed E-state index contributed by atoms with van der Waals surface area (Å²) in [5.41, 5.74) is 1.50. The molecular formula is C15H24N2O. The predicted molar refractivity (Wildman–Crippen MR) is 73.4 cm³/mol. The van der Waals surface area contributed by atoms with Gasteiger partial charge in [-0.3, -0.25) is 9.88 Å². The maximum Gasteiger partial charge on any atom is 0.0594 e. The van der Waals surface area contributed by atoms with Gasteiger partial charge in [-0.25, -0.2) is 0 Å². The van der Waals surface area contributed by atoms with Crippen molar-refractivity contribution >= 4 is 0 Å². The minimum Gasteiger partial charge on any atom is -0.379 e. The first-order chi connectivity index (χ1) is 8.56. The van der Waals surface area contributed by atoms with Crippen LogP contribution in [0.25, 0.3) is 0 Å². The number of nitrogens with zero attached hydrogens (tertiary/aromatic N) is 2. The molecule has 3 heteroatoms. The molecule has 0 N–H and O–H groups in total. The van der Waals surface area contributed by atoms with Gasteiger partial charge in [0, 0.05) is 19.3 Å². The molecule has 0 aromatic carbocycles. The Morgan fingerprint density at radius 3 is 2.56 bits per heavy atom. The summed E-state index contributed by atoms with van der Waals surface area (Å²) in [5, 5.41) is 0. The van der Waals surface area contributed by atoms with E-state index in [2.05, 4.69) is 42.8 Å². The molecule has 1 aliphatic heterocycles. The molecule has 0 aliphatic carbocycles. The van der Waals surface area contributed by atoms with Gasteiger partial charge in [0.05, 0.1) is 24.9 Å². The Morgan fingerprint density at radius 2 is 2.00 bits per heavy atom. The van der Waals surface area contributed by atoms with Crippen LogP contribution in [0.4, 0.5) is 0 Å². The van der Waals surface area contributed by atoms with E-state index >= 15 is 0 Å². The molecule has 0 spiro atoms. The van der Waals surface area contributed by atoms with Crippen LogP contribution < -0.4 is 0 Å². The maximum atomic E-state index is 5.45. The largest absolute Gasteiger partial charge is 0.379 e. The lowest BCUT2D eigenvalue weighted by atomic mass is 9.86. The van der Waals surface area contributed by atoms with E-state index in [-0.39, 0.29) is 0 Å². The van der Waals surface area contributed by atoms with Crippen LogP contribution in [0.5, 0.6) is 0 Å². The zero-order chi connectivity index (χ0) is 13.0. The van der Waals surface area contributed by atoms with Crippen LogP contribution in [0, 0.1) is 5.41 Å². The molecule has 3 nitrogen and oxygen atoms in total. The van der Waals surface area contributed by atoms with Gasteiger partial charge in [0.1, 0.15) is 0 Å². The van der Waals surface area contributed by atoms with Crippen LogP contribution in [-0.2, 0) is 4.74 Å². The zero-order valence-electron chi connectivity index (χ0n) is 11.7. The van der Waals surface area contributed by atoms with Crippen LogP contribution in [0.1, 0.15) is 38.9 Å². The second-order valence-electron chi connectivity index (χ2n) is 6.18. The summed E-state index contributed by atoms with van der Waals surface area (Å²) >= 11 is 0. The maximum absolute atomic E-state index is 5.45. The van der Waals surface area contributed by atoms with Crippen LogP contribution in [0.3, 0.4) is 0 Å². The molecule has 2 rings (SSSR count). The zero-order valence-corrected chi connectivity index (χ0v) is 11.7. The normalized spacial score (nSPS) is 19.7. The summed E-state index contributed by atoms with van der Waals surface area (Å²) in [7, 11) is 0. The summed E-state index contributed by atoms with van der Waals surface area (Å²) in [6, 6.07) is 6.62. The molecule has 1 atom stereocenters. The van der Waals surface area contributed by atoms with E-state index < -0.39 is 0 Å². The Bertz CT molecular complexity index is 353. The Morgan fingerprint density at radius 1 is 1.28 bits per heavy atom. The molecule has 1 aliphatic rings. The first-order valence-electron chi connectivity index (χ1n) is 6.79. The van der Waals surface area contributed by atoms with Crippen LogP contribution >= 0.6 is 0 Å². The second kappa shape index (κ2) is 5.81. The minimum absolute atomic E-state index is 0.306. The molecule has 1 saturated heterocycles. The highest BCUT2D eigenvalue weighted by atomic mass is 16.5. The first kappa shape index (κ1) is 13.5. The van der Waals surface area contributed by atoms with E-state index in [9.17, 15) is 0 Å². The molecule has 0 saturated carbocycles. The lowest BCUT2D eigenvalue weighted by Crippen LogP contribution is -2.40. The van der Waals surface area contributed by atoms with Crippen molar-refractivity contribution in [2.24, 2.45) is 5.41 Å². The van der Waals surface area contributed by atoms with E-state index in [1.165, 1.54) is 5.69 Å². The first-order valence-corrected chi connectivity index (χ1v) is 6.79. The molecule has 1 aromatic rings. The summed E-state index contributed by atoms with van der Waals surface area (Å²) in [4.78, 5) is 7.07. The molecule has 100 valence electrons. The summed E-state index contributed by atoms with van der Waals surface area (Å²) < 4.78 is 5.45. The van der Waals surface area contributed by atoms with Crippen molar-refractivity contribution in [1.29, 1.82) is 0 Å². The van der Waals surface area contributed by atoms with Gasteiger partial charge in [0.2, 0.25) is 0 Å². The molecule has 0 radical (unpaired) electrons.